The van der Waals surface area contributed by atoms with Crippen LogP contribution < -0.4 is 5.32 Å². The number of hydrogen-bond acceptors (Lipinski definition) is 3. The first-order valence-electron chi connectivity index (χ1n) is 6.28. The molecule has 1 atom stereocenters. The lowest BCUT2D eigenvalue weighted by Crippen LogP contribution is -2.14. The summed E-state index contributed by atoms with van der Waals surface area (Å²) in [5, 5.41) is 3.85. The van der Waals surface area contributed by atoms with Crippen molar-refractivity contribution in [3.8, 4) is 0 Å². The largest absolute Gasteiger partial charge is 0.418 e. The Labute approximate surface area is 127 Å². The van der Waals surface area contributed by atoms with Crippen LogP contribution in [-0.2, 0) is 6.18 Å². The molecule has 3 rings (SSSR count). The number of benzene rings is 1. The second-order valence-electron chi connectivity index (χ2n) is 4.95. The molecule has 1 aromatic rings. The maximum Gasteiger partial charge on any atom is 0.418 e. The fourth-order valence-corrected chi connectivity index (χ4v) is 3.73. The molecule has 1 saturated carbocycles. The van der Waals surface area contributed by atoms with Crippen LogP contribution in [0.5, 0.6) is 0 Å². The van der Waals surface area contributed by atoms with Gasteiger partial charge in [0.25, 0.3) is 0 Å². The zero-order chi connectivity index (χ0) is 14.3. The average molecular weight is 365 g/mol. The van der Waals surface area contributed by atoms with Crippen LogP contribution in [0.25, 0.3) is 0 Å². The zero-order valence-electron chi connectivity index (χ0n) is 10.4. The monoisotopic (exact) mass is 364 g/mol. The summed E-state index contributed by atoms with van der Waals surface area (Å²) in [7, 11) is 0. The summed E-state index contributed by atoms with van der Waals surface area (Å²) in [6.07, 6.45) is -1.95. The Balaban J connectivity index is 1.77. The fourth-order valence-electron chi connectivity index (χ4n) is 2.15. The first kappa shape index (κ1) is 14.3. The highest BCUT2D eigenvalue weighted by Gasteiger charge is 2.37. The summed E-state index contributed by atoms with van der Waals surface area (Å²) >= 11 is 4.63. The van der Waals surface area contributed by atoms with Crippen molar-refractivity contribution >= 4 is 38.5 Å². The van der Waals surface area contributed by atoms with Crippen molar-refractivity contribution in [2.75, 3.05) is 11.9 Å². The van der Waals surface area contributed by atoms with E-state index in [1.807, 2.05) is 0 Å². The molecule has 0 saturated heterocycles. The van der Waals surface area contributed by atoms with E-state index in [1.165, 1.54) is 18.9 Å². The van der Waals surface area contributed by atoms with Crippen LogP contribution in [0.3, 0.4) is 0 Å². The SMILES string of the molecule is FC(F)(F)c1cc(Br)ccc1NC1=NCC(C2CC2)S1. The van der Waals surface area contributed by atoms with Gasteiger partial charge < -0.3 is 5.32 Å². The smallest absolute Gasteiger partial charge is 0.334 e. The summed E-state index contributed by atoms with van der Waals surface area (Å²) in [4.78, 5) is 4.31. The lowest BCUT2D eigenvalue weighted by atomic mass is 10.2. The minimum Gasteiger partial charge on any atom is -0.334 e. The molecule has 20 heavy (non-hydrogen) atoms. The van der Waals surface area contributed by atoms with Gasteiger partial charge in [-0.3, -0.25) is 4.99 Å². The van der Waals surface area contributed by atoms with Crippen LogP contribution in [0.2, 0.25) is 0 Å². The number of alkyl halides is 3. The molecule has 1 aliphatic carbocycles. The van der Waals surface area contributed by atoms with E-state index in [-0.39, 0.29) is 5.69 Å². The van der Waals surface area contributed by atoms with Gasteiger partial charge in [0.15, 0.2) is 5.17 Å². The Hall–Kier alpha value is -0.690. The molecule has 2 aliphatic rings. The second kappa shape index (κ2) is 5.26. The van der Waals surface area contributed by atoms with E-state index in [9.17, 15) is 13.2 Å². The Bertz CT molecular complexity index is 555. The number of nitrogens with one attached hydrogen (secondary N) is 1. The maximum absolute atomic E-state index is 13.0. The Morgan fingerprint density at radius 1 is 1.30 bits per heavy atom. The van der Waals surface area contributed by atoms with Crippen LogP contribution >= 0.6 is 27.7 Å². The number of rotatable bonds is 2. The summed E-state index contributed by atoms with van der Waals surface area (Å²) < 4.78 is 39.4. The molecule has 0 spiro atoms. The van der Waals surface area contributed by atoms with Crippen molar-refractivity contribution in [3.63, 3.8) is 0 Å². The summed E-state index contributed by atoms with van der Waals surface area (Å²) in [5.41, 5.74) is -0.617. The Kier molecular flexibility index (Phi) is 3.75. The average Bonchev–Trinajstić information content (AvgIpc) is 3.11. The first-order valence-corrected chi connectivity index (χ1v) is 7.95. The molecule has 0 bridgehead atoms. The van der Waals surface area contributed by atoms with Crippen LogP contribution in [0.4, 0.5) is 18.9 Å². The predicted octanol–water partition coefficient (Wildman–Crippen LogP) is 4.76. The van der Waals surface area contributed by atoms with Gasteiger partial charge in [0.05, 0.1) is 17.8 Å². The van der Waals surface area contributed by atoms with Gasteiger partial charge in [0.1, 0.15) is 0 Å². The van der Waals surface area contributed by atoms with Crippen LogP contribution in [0, 0.1) is 5.92 Å². The van der Waals surface area contributed by atoms with E-state index in [1.54, 1.807) is 17.8 Å². The topological polar surface area (TPSA) is 24.4 Å². The van der Waals surface area contributed by atoms with Crippen molar-refractivity contribution < 1.29 is 13.2 Å². The molecule has 1 N–H and O–H groups in total. The van der Waals surface area contributed by atoms with Gasteiger partial charge in [-0.05, 0) is 37.0 Å². The molecular weight excluding hydrogens is 353 g/mol. The highest BCUT2D eigenvalue weighted by atomic mass is 79.9. The first-order chi connectivity index (χ1) is 9.43. The van der Waals surface area contributed by atoms with Crippen molar-refractivity contribution in [1.29, 1.82) is 0 Å². The van der Waals surface area contributed by atoms with E-state index >= 15 is 0 Å². The van der Waals surface area contributed by atoms with E-state index in [2.05, 4.69) is 26.2 Å². The normalized spacial score (nSPS) is 22.8. The number of amidine groups is 1. The molecule has 1 aromatic carbocycles. The van der Waals surface area contributed by atoms with Crippen molar-refractivity contribution in [3.05, 3.63) is 28.2 Å². The van der Waals surface area contributed by atoms with Crippen molar-refractivity contribution in [1.82, 2.24) is 0 Å². The molecule has 1 unspecified atom stereocenters. The molecule has 1 fully saturated rings. The standard InChI is InChI=1S/C13H12BrF3N2S/c14-8-3-4-10(9(5-8)13(15,16)17)19-12-18-6-11(20-12)7-1-2-7/h3-5,7,11H,1-2,6H2,(H,18,19). The number of thioether (sulfide) groups is 1. The molecule has 7 heteroatoms. The number of nitrogens with zero attached hydrogens (tertiary/aromatic N) is 1. The highest BCUT2D eigenvalue weighted by molar-refractivity contribution is 9.10. The summed E-state index contributed by atoms with van der Waals surface area (Å²) in [5.74, 6) is 0.690. The Morgan fingerprint density at radius 3 is 2.70 bits per heavy atom. The third kappa shape index (κ3) is 3.14. The van der Waals surface area contributed by atoms with E-state index in [0.29, 0.717) is 27.4 Å². The quantitative estimate of drug-likeness (QED) is 0.817. The highest BCUT2D eigenvalue weighted by Crippen LogP contribution is 2.43. The molecule has 0 radical (unpaired) electrons. The minimum atomic E-state index is -4.38. The fraction of sp³-hybridized carbons (Fsp3) is 0.462. The summed E-state index contributed by atoms with van der Waals surface area (Å²) in [6.45, 7) is 0.704. The third-order valence-corrected chi connectivity index (χ3v) is 5.14. The Morgan fingerprint density at radius 2 is 2.05 bits per heavy atom. The van der Waals surface area contributed by atoms with E-state index < -0.39 is 11.7 Å². The molecule has 1 heterocycles. The van der Waals surface area contributed by atoms with E-state index in [0.717, 1.165) is 6.07 Å². The third-order valence-electron chi connectivity index (χ3n) is 3.35. The number of hydrogen-bond donors (Lipinski definition) is 1. The van der Waals surface area contributed by atoms with Gasteiger partial charge in [-0.1, -0.05) is 27.7 Å². The second-order valence-corrected chi connectivity index (χ2v) is 7.10. The molecule has 108 valence electrons. The van der Waals surface area contributed by atoms with Crippen molar-refractivity contribution in [2.24, 2.45) is 10.9 Å². The van der Waals surface area contributed by atoms with Crippen LogP contribution in [0.1, 0.15) is 18.4 Å². The number of halogens is 4. The number of aliphatic imine (C=N–C) groups is 1. The molecule has 0 amide bonds. The summed E-state index contributed by atoms with van der Waals surface area (Å²) in [6, 6.07) is 4.11. The minimum absolute atomic E-state index is 0.0587. The van der Waals surface area contributed by atoms with Crippen LogP contribution in [-0.4, -0.2) is 17.0 Å². The predicted molar refractivity (Wildman–Crippen MR) is 79.2 cm³/mol. The molecule has 0 aromatic heterocycles. The van der Waals surface area contributed by atoms with E-state index in [4.69, 9.17) is 0 Å². The lowest BCUT2D eigenvalue weighted by Gasteiger charge is -2.15. The van der Waals surface area contributed by atoms with Gasteiger partial charge >= 0.3 is 6.18 Å². The maximum atomic E-state index is 13.0. The molecule has 1 aliphatic heterocycles. The van der Waals surface area contributed by atoms with Crippen molar-refractivity contribution in [2.45, 2.75) is 24.3 Å². The van der Waals surface area contributed by atoms with Crippen LogP contribution in [0.15, 0.2) is 27.7 Å². The van der Waals surface area contributed by atoms with Gasteiger partial charge in [-0.25, -0.2) is 0 Å². The number of anilines is 1. The van der Waals surface area contributed by atoms with Gasteiger partial charge in [0, 0.05) is 9.72 Å². The van der Waals surface area contributed by atoms with Gasteiger partial charge in [0.2, 0.25) is 0 Å². The van der Waals surface area contributed by atoms with Gasteiger partial charge in [-0.2, -0.15) is 13.2 Å². The van der Waals surface area contributed by atoms with Gasteiger partial charge in [-0.15, -0.1) is 0 Å². The molecular formula is C13H12BrF3N2S. The zero-order valence-corrected chi connectivity index (χ0v) is 12.8. The molecule has 2 nitrogen and oxygen atoms in total. The lowest BCUT2D eigenvalue weighted by molar-refractivity contribution is -0.136.